The fourth-order valence-electron chi connectivity index (χ4n) is 6.13. The number of carbonyl (C=O) groups excluding carboxylic acids is 1. The van der Waals surface area contributed by atoms with Crippen LogP contribution in [-0.4, -0.2) is 66.9 Å². The number of carbonyl (C=O) groups is 1. The Morgan fingerprint density at radius 1 is 1.00 bits per heavy atom. The fourth-order valence-corrected chi connectivity index (χ4v) is 7.52. The number of morpholine rings is 1. The van der Waals surface area contributed by atoms with Gasteiger partial charge in [0, 0.05) is 30.2 Å². The number of nitrogens with one attached hydrogen (secondary N) is 1. The second kappa shape index (κ2) is 11.5. The highest BCUT2D eigenvalue weighted by Crippen LogP contribution is 2.46. The standard InChI is InChI=1S/C33H35N5O5S/c1-20-18-38(19-21(2)43-20)31-5-3-4-27(37-31)28-11-9-24-16-34-25(15-29(24)36-28)17-35-33(39)23-8-10-26-30(14-23)44(40,41)13-12-42-32(26)22-6-7-22/h3-5,8-11,14-16,20-22,32H,6-7,12-13,17-19H2,1-2H3,(H,35,39)/t20-,21+,32-/m1/s1. The van der Waals surface area contributed by atoms with Crippen molar-refractivity contribution >= 4 is 32.5 Å². The van der Waals surface area contributed by atoms with Crippen LogP contribution in [0.3, 0.4) is 0 Å². The van der Waals surface area contributed by atoms with Gasteiger partial charge >= 0.3 is 0 Å². The molecule has 10 nitrogen and oxygen atoms in total. The summed E-state index contributed by atoms with van der Waals surface area (Å²) >= 11 is 0. The molecule has 11 heteroatoms. The van der Waals surface area contributed by atoms with E-state index in [1.807, 2.05) is 36.4 Å². The summed E-state index contributed by atoms with van der Waals surface area (Å²) in [4.78, 5) is 29.9. The van der Waals surface area contributed by atoms with E-state index < -0.39 is 9.84 Å². The van der Waals surface area contributed by atoms with Crippen molar-refractivity contribution in [2.24, 2.45) is 5.92 Å². The van der Waals surface area contributed by atoms with Crippen LogP contribution in [-0.2, 0) is 25.9 Å². The summed E-state index contributed by atoms with van der Waals surface area (Å²) < 4.78 is 37.7. The summed E-state index contributed by atoms with van der Waals surface area (Å²) in [5.41, 5.74) is 3.85. The van der Waals surface area contributed by atoms with Gasteiger partial charge in [-0.3, -0.25) is 9.78 Å². The number of pyridine rings is 3. The molecule has 0 spiro atoms. The number of ether oxygens (including phenoxy) is 2. The monoisotopic (exact) mass is 613 g/mol. The van der Waals surface area contributed by atoms with Crippen molar-refractivity contribution in [1.29, 1.82) is 0 Å². The van der Waals surface area contributed by atoms with E-state index in [0.29, 0.717) is 22.7 Å². The molecule has 0 unspecified atom stereocenters. The number of fused-ring (bicyclic) bond motifs is 2. The zero-order valence-corrected chi connectivity index (χ0v) is 25.6. The highest BCUT2D eigenvalue weighted by molar-refractivity contribution is 7.91. The van der Waals surface area contributed by atoms with Gasteiger partial charge < -0.3 is 19.7 Å². The minimum Gasteiger partial charge on any atom is -0.372 e. The molecule has 228 valence electrons. The lowest BCUT2D eigenvalue weighted by atomic mass is 10.0. The second-order valence-electron chi connectivity index (χ2n) is 12.0. The van der Waals surface area contributed by atoms with Gasteiger partial charge in [-0.2, -0.15) is 0 Å². The summed E-state index contributed by atoms with van der Waals surface area (Å²) in [7, 11) is -3.54. The van der Waals surface area contributed by atoms with Gasteiger partial charge in [-0.05, 0) is 80.6 Å². The maximum absolute atomic E-state index is 13.1. The first-order chi connectivity index (χ1) is 21.2. The Bertz CT molecular complexity index is 1830. The molecule has 3 aromatic heterocycles. The largest absolute Gasteiger partial charge is 0.372 e. The lowest BCUT2D eigenvalue weighted by Gasteiger charge is -2.36. The van der Waals surface area contributed by atoms with Crippen molar-refractivity contribution < 1.29 is 22.7 Å². The Labute approximate surface area is 256 Å². The third kappa shape index (κ3) is 5.91. The van der Waals surface area contributed by atoms with Crippen LogP contribution in [0.25, 0.3) is 22.3 Å². The van der Waals surface area contributed by atoms with Crippen molar-refractivity contribution in [3.05, 3.63) is 77.6 Å². The highest BCUT2D eigenvalue weighted by atomic mass is 32.2. The number of anilines is 1. The zero-order valence-electron chi connectivity index (χ0n) is 24.8. The molecule has 7 rings (SSSR count). The van der Waals surface area contributed by atoms with Crippen LogP contribution in [0.2, 0.25) is 0 Å². The molecule has 1 aromatic carbocycles. The Morgan fingerprint density at radius 3 is 2.59 bits per heavy atom. The molecule has 1 N–H and O–H groups in total. The number of hydrogen-bond acceptors (Lipinski definition) is 9. The Morgan fingerprint density at radius 2 is 1.80 bits per heavy atom. The predicted molar refractivity (Wildman–Crippen MR) is 166 cm³/mol. The number of benzene rings is 1. The summed E-state index contributed by atoms with van der Waals surface area (Å²) in [5.74, 6) is 0.778. The number of rotatable bonds is 6. The number of hydrogen-bond donors (Lipinski definition) is 1. The summed E-state index contributed by atoms with van der Waals surface area (Å²) in [6, 6.07) is 16.6. The third-order valence-electron chi connectivity index (χ3n) is 8.42. The second-order valence-corrected chi connectivity index (χ2v) is 14.1. The average molecular weight is 614 g/mol. The van der Waals surface area contributed by atoms with E-state index in [9.17, 15) is 13.2 Å². The quantitative estimate of drug-likeness (QED) is 0.335. The van der Waals surface area contributed by atoms with E-state index >= 15 is 0 Å². The van der Waals surface area contributed by atoms with E-state index in [0.717, 1.165) is 54.0 Å². The van der Waals surface area contributed by atoms with Crippen molar-refractivity contribution in [2.75, 3.05) is 30.3 Å². The van der Waals surface area contributed by atoms with Crippen LogP contribution < -0.4 is 10.2 Å². The van der Waals surface area contributed by atoms with Gasteiger partial charge in [0.05, 0.1) is 64.7 Å². The summed E-state index contributed by atoms with van der Waals surface area (Å²) in [6.45, 7) is 6.04. The molecule has 0 radical (unpaired) electrons. The van der Waals surface area contributed by atoms with E-state index in [-0.39, 0.29) is 48.0 Å². The van der Waals surface area contributed by atoms with Crippen LogP contribution in [0.5, 0.6) is 0 Å². The van der Waals surface area contributed by atoms with Gasteiger partial charge in [0.15, 0.2) is 9.84 Å². The SMILES string of the molecule is C[C@@H]1CN(c2cccc(-c3ccc4cnc(CNC(=O)c5ccc6c(c5)S(=O)(=O)CCO[C@@H]6C5CC5)cc4n3)n2)C[C@H](C)O1. The molecular formula is C33H35N5O5S. The predicted octanol–water partition coefficient (Wildman–Crippen LogP) is 4.49. The molecular weight excluding hydrogens is 578 g/mol. The van der Waals surface area contributed by atoms with Crippen LogP contribution in [0.15, 0.2) is 65.7 Å². The smallest absolute Gasteiger partial charge is 0.251 e. The first kappa shape index (κ1) is 28.8. The van der Waals surface area contributed by atoms with Gasteiger partial charge in [-0.15, -0.1) is 0 Å². The molecule has 3 atom stereocenters. The maximum atomic E-state index is 13.1. The van der Waals surface area contributed by atoms with Crippen molar-refractivity contribution in [2.45, 2.75) is 56.4 Å². The number of aromatic nitrogens is 3. The molecule has 1 saturated heterocycles. The van der Waals surface area contributed by atoms with Gasteiger partial charge in [-0.1, -0.05) is 12.1 Å². The molecule has 4 aromatic rings. The van der Waals surface area contributed by atoms with E-state index in [2.05, 4.69) is 29.0 Å². The third-order valence-corrected chi connectivity index (χ3v) is 10.1. The van der Waals surface area contributed by atoms with E-state index in [1.54, 1.807) is 18.3 Å². The van der Waals surface area contributed by atoms with Gasteiger partial charge in [0.1, 0.15) is 5.82 Å². The van der Waals surface area contributed by atoms with Gasteiger partial charge in [-0.25, -0.2) is 18.4 Å². The Balaban J connectivity index is 1.08. The summed E-state index contributed by atoms with van der Waals surface area (Å²) in [6.07, 6.45) is 3.82. The highest BCUT2D eigenvalue weighted by Gasteiger charge is 2.38. The molecule has 2 fully saturated rings. The molecule has 5 heterocycles. The van der Waals surface area contributed by atoms with Crippen molar-refractivity contribution in [3.63, 3.8) is 0 Å². The van der Waals surface area contributed by atoms with Crippen LogP contribution in [0.1, 0.15) is 54.4 Å². The van der Waals surface area contributed by atoms with Gasteiger partial charge in [0.25, 0.3) is 5.91 Å². The van der Waals surface area contributed by atoms with Gasteiger partial charge in [0.2, 0.25) is 0 Å². The fraction of sp³-hybridized carbons (Fsp3) is 0.394. The Hall–Kier alpha value is -3.93. The Kier molecular flexibility index (Phi) is 7.55. The minimum absolute atomic E-state index is 0.0876. The number of sulfone groups is 1. The molecule has 44 heavy (non-hydrogen) atoms. The first-order valence-corrected chi connectivity index (χ1v) is 16.8. The molecule has 1 aliphatic carbocycles. The zero-order chi connectivity index (χ0) is 30.4. The normalized spacial score (nSPS) is 23.1. The van der Waals surface area contributed by atoms with Crippen LogP contribution in [0, 0.1) is 5.92 Å². The molecule has 0 bridgehead atoms. The van der Waals surface area contributed by atoms with E-state index in [1.165, 1.54) is 6.07 Å². The average Bonchev–Trinajstić information content (AvgIpc) is 3.87. The van der Waals surface area contributed by atoms with Crippen LogP contribution in [0.4, 0.5) is 5.82 Å². The maximum Gasteiger partial charge on any atom is 0.251 e. The lowest BCUT2D eigenvalue weighted by molar-refractivity contribution is -0.00545. The van der Waals surface area contributed by atoms with E-state index in [4.69, 9.17) is 19.4 Å². The first-order valence-electron chi connectivity index (χ1n) is 15.1. The molecule has 2 aliphatic heterocycles. The number of amides is 1. The molecule has 3 aliphatic rings. The van der Waals surface area contributed by atoms with Crippen molar-refractivity contribution in [1.82, 2.24) is 20.3 Å². The van der Waals surface area contributed by atoms with Crippen molar-refractivity contribution in [3.8, 4) is 11.4 Å². The van der Waals surface area contributed by atoms with Crippen LogP contribution >= 0.6 is 0 Å². The molecule has 1 saturated carbocycles. The molecule has 1 amide bonds. The number of nitrogens with zero attached hydrogens (tertiary/aromatic N) is 4. The topological polar surface area (TPSA) is 124 Å². The lowest BCUT2D eigenvalue weighted by Crippen LogP contribution is -2.45. The minimum atomic E-state index is -3.54. The summed E-state index contributed by atoms with van der Waals surface area (Å²) in [5, 5.41) is 3.76.